The van der Waals surface area contributed by atoms with Crippen molar-refractivity contribution in [3.05, 3.63) is 12.7 Å². The monoisotopic (exact) mass is 220 g/mol. The zero-order valence-corrected chi connectivity index (χ0v) is 8.97. The predicted molar refractivity (Wildman–Crippen MR) is 55.6 cm³/mol. The normalized spacial score (nSPS) is 19.3. The van der Waals surface area contributed by atoms with Gasteiger partial charge in [0, 0.05) is 21.7 Å². The van der Waals surface area contributed by atoms with Gasteiger partial charge in [-0.2, -0.15) is 0 Å². The molecular weight excluding hydrogens is 204 g/mol. The summed E-state index contributed by atoms with van der Waals surface area (Å²) in [5, 5.41) is 8.83. The Bertz CT molecular complexity index is 323. The van der Waals surface area contributed by atoms with Crippen molar-refractivity contribution in [3.63, 3.8) is 0 Å². The standard InChI is InChI=1S/C8H16N2O3S/c1-3-4-8(9,7(11)12)5-6-14(2,10)13/h3,10H,1,4-6,9H2,2H3,(H,11,12)/t8-,14?/m0/s1. The van der Waals surface area contributed by atoms with Crippen LogP contribution >= 0.6 is 0 Å². The molecule has 0 spiro atoms. The molecule has 0 heterocycles. The lowest BCUT2D eigenvalue weighted by atomic mass is 9.94. The van der Waals surface area contributed by atoms with Gasteiger partial charge in [0.25, 0.3) is 0 Å². The van der Waals surface area contributed by atoms with Crippen molar-refractivity contribution in [2.24, 2.45) is 5.73 Å². The van der Waals surface area contributed by atoms with E-state index in [1.165, 1.54) is 12.3 Å². The number of nitrogens with two attached hydrogens (primary N) is 1. The van der Waals surface area contributed by atoms with Gasteiger partial charge in [0.05, 0.1) is 0 Å². The molecule has 0 saturated carbocycles. The van der Waals surface area contributed by atoms with E-state index in [2.05, 4.69) is 6.58 Å². The predicted octanol–water partition coefficient (Wildman–Crippen LogP) is 0.411. The van der Waals surface area contributed by atoms with Gasteiger partial charge in [0.1, 0.15) is 5.54 Å². The molecule has 0 amide bonds. The van der Waals surface area contributed by atoms with E-state index in [1.807, 2.05) is 0 Å². The van der Waals surface area contributed by atoms with Gasteiger partial charge in [-0.15, -0.1) is 6.58 Å². The lowest BCUT2D eigenvalue weighted by Crippen LogP contribution is -2.48. The molecule has 6 heteroatoms. The minimum atomic E-state index is -2.69. The summed E-state index contributed by atoms with van der Waals surface area (Å²) in [5.74, 6) is -1.16. The van der Waals surface area contributed by atoms with Crippen molar-refractivity contribution in [3.8, 4) is 0 Å². The first-order chi connectivity index (χ1) is 6.21. The van der Waals surface area contributed by atoms with Gasteiger partial charge < -0.3 is 10.8 Å². The fourth-order valence-electron chi connectivity index (χ4n) is 0.931. The van der Waals surface area contributed by atoms with Crippen LogP contribution in [0.25, 0.3) is 0 Å². The highest BCUT2D eigenvalue weighted by molar-refractivity contribution is 7.91. The second-order valence-corrected chi connectivity index (χ2v) is 5.83. The Labute approximate surface area is 84.0 Å². The van der Waals surface area contributed by atoms with Crippen LogP contribution in [0.5, 0.6) is 0 Å². The first-order valence-electron chi connectivity index (χ1n) is 4.06. The number of aliphatic carboxylic acids is 1. The van der Waals surface area contributed by atoms with Crippen LogP contribution in [0, 0.1) is 4.78 Å². The van der Waals surface area contributed by atoms with E-state index in [9.17, 15) is 9.00 Å². The number of carbonyl (C=O) groups is 1. The highest BCUT2D eigenvalue weighted by atomic mass is 32.2. The Morgan fingerprint density at radius 3 is 2.57 bits per heavy atom. The number of carboxylic acids is 1. The van der Waals surface area contributed by atoms with Crippen LogP contribution in [0.15, 0.2) is 12.7 Å². The summed E-state index contributed by atoms with van der Waals surface area (Å²) in [6, 6.07) is 0. The Morgan fingerprint density at radius 1 is 1.79 bits per heavy atom. The summed E-state index contributed by atoms with van der Waals surface area (Å²) in [4.78, 5) is 10.8. The summed E-state index contributed by atoms with van der Waals surface area (Å²) in [6.07, 6.45) is 2.81. The smallest absolute Gasteiger partial charge is 0.324 e. The molecule has 0 rings (SSSR count). The van der Waals surface area contributed by atoms with Crippen molar-refractivity contribution in [1.29, 1.82) is 4.78 Å². The van der Waals surface area contributed by atoms with Crippen molar-refractivity contribution >= 4 is 15.7 Å². The van der Waals surface area contributed by atoms with E-state index in [4.69, 9.17) is 15.6 Å². The van der Waals surface area contributed by atoms with Crippen molar-refractivity contribution in [2.75, 3.05) is 12.0 Å². The molecule has 0 aromatic rings. The highest BCUT2D eigenvalue weighted by Gasteiger charge is 2.32. The van der Waals surface area contributed by atoms with Gasteiger partial charge >= 0.3 is 5.97 Å². The maximum absolute atomic E-state index is 11.1. The number of nitrogens with one attached hydrogen (secondary N) is 1. The summed E-state index contributed by atoms with van der Waals surface area (Å²) >= 11 is 0. The van der Waals surface area contributed by atoms with Crippen molar-refractivity contribution < 1.29 is 14.1 Å². The lowest BCUT2D eigenvalue weighted by Gasteiger charge is -2.22. The van der Waals surface area contributed by atoms with Gasteiger partial charge in [-0.1, -0.05) is 6.08 Å². The lowest BCUT2D eigenvalue weighted by molar-refractivity contribution is -0.143. The van der Waals surface area contributed by atoms with Crippen LogP contribution in [0.4, 0.5) is 0 Å². The number of carboxylic acid groups (broad SMARTS) is 1. The van der Waals surface area contributed by atoms with Crippen molar-refractivity contribution in [2.45, 2.75) is 18.4 Å². The van der Waals surface area contributed by atoms with E-state index in [1.54, 1.807) is 0 Å². The Hall–Kier alpha value is -0.880. The largest absolute Gasteiger partial charge is 0.480 e. The Kier molecular flexibility index (Phi) is 4.28. The third-order valence-corrected chi connectivity index (χ3v) is 2.86. The van der Waals surface area contributed by atoms with Crippen LogP contribution in [0.3, 0.4) is 0 Å². The number of rotatable bonds is 6. The molecule has 1 unspecified atom stereocenters. The SMILES string of the molecule is C=CC[C@](N)(CCS(C)(=N)=O)C(=O)O. The Morgan fingerprint density at radius 2 is 2.29 bits per heavy atom. The second kappa shape index (κ2) is 4.56. The molecule has 0 aromatic heterocycles. The molecule has 0 aliphatic carbocycles. The van der Waals surface area contributed by atoms with Gasteiger partial charge in [-0.25, -0.2) is 0 Å². The first kappa shape index (κ1) is 13.1. The van der Waals surface area contributed by atoms with E-state index in [0.29, 0.717) is 0 Å². The molecule has 5 nitrogen and oxygen atoms in total. The van der Waals surface area contributed by atoms with Gasteiger partial charge in [0.2, 0.25) is 0 Å². The zero-order chi connectivity index (χ0) is 11.4. The Balaban J connectivity index is 4.54. The quantitative estimate of drug-likeness (QED) is 0.564. The van der Waals surface area contributed by atoms with Gasteiger partial charge in [-0.3, -0.25) is 13.8 Å². The fourth-order valence-corrected chi connectivity index (χ4v) is 1.68. The molecule has 0 radical (unpaired) electrons. The van der Waals surface area contributed by atoms with E-state index >= 15 is 0 Å². The third-order valence-electron chi connectivity index (χ3n) is 1.87. The fraction of sp³-hybridized carbons (Fsp3) is 0.625. The molecule has 0 saturated heterocycles. The summed E-state index contributed by atoms with van der Waals surface area (Å²) in [6.45, 7) is 3.41. The van der Waals surface area contributed by atoms with Crippen LogP contribution in [0.1, 0.15) is 12.8 Å². The third kappa shape index (κ3) is 4.38. The molecule has 0 bridgehead atoms. The topological polar surface area (TPSA) is 104 Å². The first-order valence-corrected chi connectivity index (χ1v) is 6.19. The maximum Gasteiger partial charge on any atom is 0.324 e. The van der Waals surface area contributed by atoms with E-state index in [0.717, 1.165) is 0 Å². The van der Waals surface area contributed by atoms with Gasteiger partial charge in [0.15, 0.2) is 0 Å². The van der Waals surface area contributed by atoms with Crippen LogP contribution in [-0.2, 0) is 14.5 Å². The number of hydrogen-bond acceptors (Lipinski definition) is 4. The van der Waals surface area contributed by atoms with Crippen LogP contribution in [-0.4, -0.2) is 32.8 Å². The van der Waals surface area contributed by atoms with Crippen LogP contribution in [0.2, 0.25) is 0 Å². The van der Waals surface area contributed by atoms with Crippen LogP contribution < -0.4 is 5.73 Å². The average Bonchev–Trinajstić information content (AvgIpc) is 2.00. The minimum absolute atomic E-state index is 0.0103. The van der Waals surface area contributed by atoms with E-state index < -0.39 is 21.2 Å². The molecule has 0 aliphatic rings. The number of hydrogen-bond donors (Lipinski definition) is 3. The molecule has 82 valence electrons. The van der Waals surface area contributed by atoms with Gasteiger partial charge in [-0.05, 0) is 12.8 Å². The summed E-state index contributed by atoms with van der Waals surface area (Å²) in [5.41, 5.74) is 4.14. The molecule has 14 heavy (non-hydrogen) atoms. The molecule has 0 aliphatic heterocycles. The summed E-state index contributed by atoms with van der Waals surface area (Å²) in [7, 11) is -2.69. The average molecular weight is 220 g/mol. The van der Waals surface area contributed by atoms with Crippen molar-refractivity contribution in [1.82, 2.24) is 0 Å². The molecule has 4 N–H and O–H groups in total. The second-order valence-electron chi connectivity index (χ2n) is 3.41. The van der Waals surface area contributed by atoms with E-state index in [-0.39, 0.29) is 18.6 Å². The zero-order valence-electron chi connectivity index (χ0n) is 8.16. The summed E-state index contributed by atoms with van der Waals surface area (Å²) < 4.78 is 18.2. The molecule has 0 aromatic carbocycles. The highest BCUT2D eigenvalue weighted by Crippen LogP contribution is 2.14. The maximum atomic E-state index is 11.1. The molecule has 2 atom stereocenters. The molecule has 0 fully saturated rings. The minimum Gasteiger partial charge on any atom is -0.480 e. The molecular formula is C8H16N2O3S.